The number of hydrogen-bond donors (Lipinski definition) is 3. The first-order valence-corrected chi connectivity index (χ1v) is 14.2. The van der Waals surface area contributed by atoms with Gasteiger partial charge in [0, 0.05) is 25.2 Å². The Morgan fingerprint density at radius 3 is 2.49 bits per heavy atom. The second-order valence-corrected chi connectivity index (χ2v) is 11.5. The van der Waals surface area contributed by atoms with Crippen LogP contribution in [0, 0.1) is 0 Å². The highest BCUT2D eigenvalue weighted by molar-refractivity contribution is 7.89. The Kier molecular flexibility index (Phi) is 7.69. The number of sulfonamides is 1. The van der Waals surface area contributed by atoms with E-state index in [0.717, 1.165) is 31.2 Å². The zero-order chi connectivity index (χ0) is 26.8. The second-order valence-electron chi connectivity index (χ2n) is 9.95. The molecule has 0 radical (unpaired) electrons. The van der Waals surface area contributed by atoms with Gasteiger partial charge < -0.3 is 15.5 Å². The van der Waals surface area contributed by atoms with E-state index >= 15 is 0 Å². The van der Waals surface area contributed by atoms with Crippen LogP contribution in [0.5, 0.6) is 0 Å². The van der Waals surface area contributed by atoms with Crippen molar-refractivity contribution in [3.05, 3.63) is 47.3 Å². The number of primary sulfonamides is 1. The molecule has 1 aromatic carbocycles. The SMILES string of the molecule is CCCN1C(=O)c2cc(C(=O)NCCc3ccc(S(N)(=O)=O)cc3)nn2CC1(C)C(=O)NC1CCCC1. The van der Waals surface area contributed by atoms with Crippen LogP contribution in [0.15, 0.2) is 35.2 Å². The van der Waals surface area contributed by atoms with Crippen LogP contribution in [0.3, 0.4) is 0 Å². The topological polar surface area (TPSA) is 156 Å². The van der Waals surface area contributed by atoms with Gasteiger partial charge in [-0.1, -0.05) is 31.9 Å². The van der Waals surface area contributed by atoms with E-state index in [4.69, 9.17) is 5.14 Å². The fraction of sp³-hybridized carbons (Fsp3) is 0.520. The summed E-state index contributed by atoms with van der Waals surface area (Å²) in [6.45, 7) is 4.58. The number of hydrogen-bond acceptors (Lipinski definition) is 6. The molecule has 2 heterocycles. The zero-order valence-corrected chi connectivity index (χ0v) is 22.0. The molecule has 0 bridgehead atoms. The highest BCUT2D eigenvalue weighted by Gasteiger charge is 2.48. The Hall–Kier alpha value is -3.25. The fourth-order valence-corrected chi connectivity index (χ4v) is 5.51. The molecule has 1 aliphatic heterocycles. The molecule has 4 N–H and O–H groups in total. The Morgan fingerprint density at radius 1 is 1.19 bits per heavy atom. The van der Waals surface area contributed by atoms with E-state index in [1.54, 1.807) is 24.0 Å². The summed E-state index contributed by atoms with van der Waals surface area (Å²) in [5.74, 6) is -0.949. The number of amides is 3. The normalized spacial score (nSPS) is 20.1. The molecule has 11 nitrogen and oxygen atoms in total. The molecule has 200 valence electrons. The van der Waals surface area contributed by atoms with Crippen molar-refractivity contribution in [2.24, 2.45) is 5.14 Å². The Labute approximate surface area is 216 Å². The van der Waals surface area contributed by atoms with Crippen molar-refractivity contribution in [1.29, 1.82) is 0 Å². The number of carbonyl (C=O) groups excluding carboxylic acids is 3. The molecule has 12 heteroatoms. The minimum Gasteiger partial charge on any atom is -0.351 e. The van der Waals surface area contributed by atoms with E-state index < -0.39 is 21.5 Å². The van der Waals surface area contributed by atoms with Gasteiger partial charge in [-0.25, -0.2) is 13.6 Å². The Morgan fingerprint density at radius 2 is 1.86 bits per heavy atom. The third kappa shape index (κ3) is 5.69. The van der Waals surface area contributed by atoms with Crippen LogP contribution in [0.4, 0.5) is 0 Å². The van der Waals surface area contributed by atoms with Gasteiger partial charge in [0.15, 0.2) is 5.69 Å². The molecule has 2 aliphatic rings. The molecule has 37 heavy (non-hydrogen) atoms. The Balaban J connectivity index is 1.44. The first-order valence-electron chi connectivity index (χ1n) is 12.6. The van der Waals surface area contributed by atoms with Crippen LogP contribution in [0.1, 0.15) is 72.5 Å². The number of carbonyl (C=O) groups is 3. The maximum Gasteiger partial charge on any atom is 0.273 e. The molecule has 1 atom stereocenters. The van der Waals surface area contributed by atoms with E-state index in [-0.39, 0.29) is 47.2 Å². The zero-order valence-electron chi connectivity index (χ0n) is 21.2. The van der Waals surface area contributed by atoms with Crippen molar-refractivity contribution in [3.8, 4) is 0 Å². The van der Waals surface area contributed by atoms with Gasteiger partial charge in [0.05, 0.1) is 11.4 Å². The summed E-state index contributed by atoms with van der Waals surface area (Å²) in [4.78, 5) is 41.2. The summed E-state index contributed by atoms with van der Waals surface area (Å²) in [6, 6.07) is 7.71. The van der Waals surface area contributed by atoms with E-state index in [1.165, 1.54) is 22.9 Å². The molecule has 1 fully saturated rings. The number of rotatable bonds is 9. The molecule has 0 spiro atoms. The van der Waals surface area contributed by atoms with Gasteiger partial charge in [-0.15, -0.1) is 0 Å². The van der Waals surface area contributed by atoms with Crippen molar-refractivity contribution in [1.82, 2.24) is 25.3 Å². The van der Waals surface area contributed by atoms with Crippen molar-refractivity contribution in [2.75, 3.05) is 13.1 Å². The number of fused-ring (bicyclic) bond motifs is 1. The maximum absolute atomic E-state index is 13.4. The standard InChI is InChI=1S/C25H34N6O5S/c1-3-14-30-23(33)21-15-20(22(32)27-13-12-17-8-10-19(11-9-17)37(26,35)36)29-31(21)16-25(30,2)24(34)28-18-6-4-5-7-18/h8-11,15,18H,3-7,12-14,16H2,1-2H3,(H,27,32)(H,28,34)(H2,26,35,36). The van der Waals surface area contributed by atoms with Gasteiger partial charge in [0.1, 0.15) is 11.2 Å². The number of nitrogens with two attached hydrogens (primary N) is 1. The van der Waals surface area contributed by atoms with Gasteiger partial charge in [-0.3, -0.25) is 19.1 Å². The highest BCUT2D eigenvalue weighted by atomic mass is 32.2. The third-order valence-electron chi connectivity index (χ3n) is 7.11. The summed E-state index contributed by atoms with van der Waals surface area (Å²) in [5, 5.41) is 15.4. The van der Waals surface area contributed by atoms with Gasteiger partial charge in [0.2, 0.25) is 15.9 Å². The molecule has 2 aromatic rings. The lowest BCUT2D eigenvalue weighted by Crippen LogP contribution is -2.65. The summed E-state index contributed by atoms with van der Waals surface area (Å²) >= 11 is 0. The molecule has 4 rings (SSSR count). The minimum absolute atomic E-state index is 0.0228. The molecular weight excluding hydrogens is 496 g/mol. The number of benzene rings is 1. The van der Waals surface area contributed by atoms with E-state index in [1.807, 2.05) is 6.92 Å². The number of aromatic nitrogens is 2. The lowest BCUT2D eigenvalue weighted by atomic mass is 9.94. The number of nitrogens with zero attached hydrogens (tertiary/aromatic N) is 3. The smallest absolute Gasteiger partial charge is 0.273 e. The van der Waals surface area contributed by atoms with Gasteiger partial charge in [0.25, 0.3) is 11.8 Å². The second kappa shape index (κ2) is 10.6. The molecule has 1 aromatic heterocycles. The van der Waals surface area contributed by atoms with E-state index in [2.05, 4.69) is 15.7 Å². The van der Waals surface area contributed by atoms with Crippen LogP contribution in [0.25, 0.3) is 0 Å². The van der Waals surface area contributed by atoms with Crippen molar-refractivity contribution < 1.29 is 22.8 Å². The van der Waals surface area contributed by atoms with Crippen molar-refractivity contribution in [2.45, 2.75) is 75.4 Å². The third-order valence-corrected chi connectivity index (χ3v) is 8.04. The summed E-state index contributed by atoms with van der Waals surface area (Å²) in [7, 11) is -3.76. The number of nitrogens with one attached hydrogen (secondary N) is 2. The van der Waals surface area contributed by atoms with Crippen LogP contribution >= 0.6 is 0 Å². The van der Waals surface area contributed by atoms with Gasteiger partial charge in [-0.2, -0.15) is 5.10 Å². The first kappa shape index (κ1) is 26.8. The van der Waals surface area contributed by atoms with Crippen LogP contribution in [-0.4, -0.2) is 65.5 Å². The van der Waals surface area contributed by atoms with Gasteiger partial charge in [-0.05, 0) is 50.3 Å². The molecule has 1 unspecified atom stereocenters. The summed E-state index contributed by atoms with van der Waals surface area (Å²) in [6.07, 6.45) is 5.21. The van der Waals surface area contributed by atoms with Crippen LogP contribution in [-0.2, 0) is 27.8 Å². The largest absolute Gasteiger partial charge is 0.351 e. The van der Waals surface area contributed by atoms with Gasteiger partial charge >= 0.3 is 0 Å². The molecule has 1 saturated carbocycles. The minimum atomic E-state index is -3.76. The van der Waals surface area contributed by atoms with E-state index in [0.29, 0.717) is 19.4 Å². The summed E-state index contributed by atoms with van der Waals surface area (Å²) < 4.78 is 24.2. The summed E-state index contributed by atoms with van der Waals surface area (Å²) in [5.41, 5.74) is 0.102. The average Bonchev–Trinajstić information content (AvgIpc) is 3.51. The lowest BCUT2D eigenvalue weighted by molar-refractivity contribution is -0.133. The predicted octanol–water partition coefficient (Wildman–Crippen LogP) is 1.19. The lowest BCUT2D eigenvalue weighted by Gasteiger charge is -2.43. The first-order chi connectivity index (χ1) is 17.5. The van der Waals surface area contributed by atoms with Crippen molar-refractivity contribution >= 4 is 27.7 Å². The highest BCUT2D eigenvalue weighted by Crippen LogP contribution is 2.29. The van der Waals surface area contributed by atoms with Crippen molar-refractivity contribution in [3.63, 3.8) is 0 Å². The average molecular weight is 531 g/mol. The quantitative estimate of drug-likeness (QED) is 0.442. The maximum atomic E-state index is 13.4. The van der Waals surface area contributed by atoms with E-state index in [9.17, 15) is 22.8 Å². The Bertz CT molecular complexity index is 1280. The predicted molar refractivity (Wildman–Crippen MR) is 136 cm³/mol. The fourth-order valence-electron chi connectivity index (χ4n) is 4.99. The molecule has 3 amide bonds. The molecular formula is C25H34N6O5S. The van der Waals surface area contributed by atoms with Crippen LogP contribution < -0.4 is 15.8 Å². The monoisotopic (exact) mass is 530 g/mol. The molecule has 1 aliphatic carbocycles. The van der Waals surface area contributed by atoms with Crippen LogP contribution in [0.2, 0.25) is 0 Å². The molecule has 0 saturated heterocycles.